The topological polar surface area (TPSA) is 52.6 Å². The van der Waals surface area contributed by atoms with E-state index in [0.29, 0.717) is 5.75 Å². The zero-order valence-electron chi connectivity index (χ0n) is 10.6. The van der Waals surface area contributed by atoms with Crippen LogP contribution >= 0.6 is 15.9 Å². The fourth-order valence-electron chi connectivity index (χ4n) is 2.33. The zero-order chi connectivity index (χ0) is 13.8. The van der Waals surface area contributed by atoms with E-state index in [2.05, 4.69) is 15.9 Å². The summed E-state index contributed by atoms with van der Waals surface area (Å²) in [6.07, 6.45) is 2.30. The van der Waals surface area contributed by atoms with Crippen LogP contribution in [0.2, 0.25) is 0 Å². The zero-order valence-corrected chi connectivity index (χ0v) is 12.2. The maximum Gasteiger partial charge on any atom is 0.317 e. The number of benzene rings is 1. The van der Waals surface area contributed by atoms with Gasteiger partial charge in [0.15, 0.2) is 0 Å². The average molecular weight is 327 g/mol. The smallest absolute Gasteiger partial charge is 0.317 e. The number of esters is 2. The van der Waals surface area contributed by atoms with Crippen molar-refractivity contribution in [3.05, 3.63) is 29.3 Å². The third kappa shape index (κ3) is 3.35. The molecule has 1 aromatic rings. The highest BCUT2D eigenvalue weighted by Gasteiger charge is 2.25. The summed E-state index contributed by atoms with van der Waals surface area (Å²) in [5.74, 6) is -0.0479. The first-order chi connectivity index (χ1) is 9.11. The standard InChI is InChI=1S/C14H15BrO4/c1-9(16)18-12-6-2-5-11-10(12)4-3-7-13(11)19-14(17)8-15/h2,5-6,13H,3-4,7-8H2,1H3. The van der Waals surface area contributed by atoms with Gasteiger partial charge < -0.3 is 9.47 Å². The van der Waals surface area contributed by atoms with E-state index in [1.54, 1.807) is 6.07 Å². The van der Waals surface area contributed by atoms with E-state index < -0.39 is 0 Å². The molecule has 0 fully saturated rings. The van der Waals surface area contributed by atoms with Gasteiger partial charge in [0.25, 0.3) is 0 Å². The van der Waals surface area contributed by atoms with Gasteiger partial charge in [-0.3, -0.25) is 9.59 Å². The SMILES string of the molecule is CC(=O)Oc1cccc2c1CCCC2OC(=O)CBr. The van der Waals surface area contributed by atoms with Crippen LogP contribution in [-0.2, 0) is 20.7 Å². The quantitative estimate of drug-likeness (QED) is 0.487. The first kappa shape index (κ1) is 14.1. The minimum atomic E-state index is -0.340. The number of carbonyl (C=O) groups is 2. The maximum absolute atomic E-state index is 11.4. The van der Waals surface area contributed by atoms with E-state index in [-0.39, 0.29) is 23.4 Å². The van der Waals surface area contributed by atoms with Crippen LogP contribution in [-0.4, -0.2) is 17.3 Å². The molecule has 1 aliphatic rings. The van der Waals surface area contributed by atoms with Crippen molar-refractivity contribution in [2.75, 3.05) is 5.33 Å². The number of rotatable bonds is 3. The monoisotopic (exact) mass is 326 g/mol. The molecule has 1 aliphatic carbocycles. The number of alkyl halides is 1. The molecule has 5 heteroatoms. The molecule has 0 heterocycles. The molecule has 0 N–H and O–H groups in total. The third-order valence-electron chi connectivity index (χ3n) is 3.05. The Morgan fingerprint density at radius 1 is 1.42 bits per heavy atom. The lowest BCUT2D eigenvalue weighted by Gasteiger charge is -2.26. The van der Waals surface area contributed by atoms with Crippen molar-refractivity contribution < 1.29 is 19.1 Å². The molecular weight excluding hydrogens is 312 g/mol. The van der Waals surface area contributed by atoms with Gasteiger partial charge in [0.05, 0.1) is 0 Å². The Morgan fingerprint density at radius 2 is 2.21 bits per heavy atom. The predicted molar refractivity (Wildman–Crippen MR) is 73.3 cm³/mol. The first-order valence-electron chi connectivity index (χ1n) is 6.17. The maximum atomic E-state index is 11.4. The van der Waals surface area contributed by atoms with E-state index in [9.17, 15) is 9.59 Å². The van der Waals surface area contributed by atoms with Crippen molar-refractivity contribution in [2.24, 2.45) is 0 Å². The summed E-state index contributed by atoms with van der Waals surface area (Å²) in [5, 5.41) is 0.183. The summed E-state index contributed by atoms with van der Waals surface area (Å²) in [7, 11) is 0. The summed E-state index contributed by atoms with van der Waals surface area (Å²) in [4.78, 5) is 22.5. The fraction of sp³-hybridized carbons (Fsp3) is 0.429. The van der Waals surface area contributed by atoms with Gasteiger partial charge in [-0.25, -0.2) is 0 Å². The molecule has 4 nitrogen and oxygen atoms in total. The van der Waals surface area contributed by atoms with Gasteiger partial charge >= 0.3 is 11.9 Å². The van der Waals surface area contributed by atoms with Crippen molar-refractivity contribution in [1.29, 1.82) is 0 Å². The minimum Gasteiger partial charge on any atom is -0.457 e. The van der Waals surface area contributed by atoms with E-state index in [4.69, 9.17) is 9.47 Å². The third-order valence-corrected chi connectivity index (χ3v) is 3.50. The molecule has 1 aromatic carbocycles. The van der Waals surface area contributed by atoms with E-state index in [1.165, 1.54) is 6.92 Å². The van der Waals surface area contributed by atoms with Crippen molar-refractivity contribution in [3.63, 3.8) is 0 Å². The van der Waals surface area contributed by atoms with Crippen molar-refractivity contribution in [3.8, 4) is 5.75 Å². The van der Waals surface area contributed by atoms with E-state index in [1.807, 2.05) is 12.1 Å². The molecule has 1 unspecified atom stereocenters. The molecule has 1 atom stereocenters. The minimum absolute atomic E-state index is 0.183. The van der Waals surface area contributed by atoms with Crippen LogP contribution < -0.4 is 4.74 Å². The van der Waals surface area contributed by atoms with Crippen LogP contribution in [0.25, 0.3) is 0 Å². The normalized spacial score (nSPS) is 17.5. The van der Waals surface area contributed by atoms with Crippen LogP contribution in [0, 0.1) is 0 Å². The van der Waals surface area contributed by atoms with Crippen LogP contribution in [0.15, 0.2) is 18.2 Å². The summed E-state index contributed by atoms with van der Waals surface area (Å²) in [5.41, 5.74) is 1.91. The summed E-state index contributed by atoms with van der Waals surface area (Å²) >= 11 is 3.08. The van der Waals surface area contributed by atoms with Crippen LogP contribution in [0.3, 0.4) is 0 Å². The average Bonchev–Trinajstić information content (AvgIpc) is 2.39. The number of carbonyl (C=O) groups excluding carboxylic acids is 2. The molecular formula is C14H15BrO4. The molecule has 0 bridgehead atoms. The van der Waals surface area contributed by atoms with Gasteiger partial charge in [-0.2, -0.15) is 0 Å². The van der Waals surface area contributed by atoms with Crippen LogP contribution in [0.4, 0.5) is 0 Å². The Balaban J connectivity index is 2.29. The predicted octanol–water partition coefficient (Wildman–Crippen LogP) is 2.93. The largest absolute Gasteiger partial charge is 0.457 e. The molecule has 2 rings (SSSR count). The molecule has 0 radical (unpaired) electrons. The molecule has 19 heavy (non-hydrogen) atoms. The number of hydrogen-bond donors (Lipinski definition) is 0. The van der Waals surface area contributed by atoms with Crippen LogP contribution in [0.1, 0.15) is 37.0 Å². The Hall–Kier alpha value is -1.36. The second-order valence-electron chi connectivity index (χ2n) is 4.42. The highest BCUT2D eigenvalue weighted by molar-refractivity contribution is 9.09. The number of fused-ring (bicyclic) bond motifs is 1. The van der Waals surface area contributed by atoms with Gasteiger partial charge in [-0.15, -0.1) is 0 Å². The van der Waals surface area contributed by atoms with Gasteiger partial charge in [0.1, 0.15) is 17.2 Å². The second kappa shape index (κ2) is 6.19. The lowest BCUT2D eigenvalue weighted by Crippen LogP contribution is -2.18. The Kier molecular flexibility index (Phi) is 4.58. The summed E-state index contributed by atoms with van der Waals surface area (Å²) < 4.78 is 10.6. The van der Waals surface area contributed by atoms with Crippen LogP contribution in [0.5, 0.6) is 5.75 Å². The van der Waals surface area contributed by atoms with Gasteiger partial charge in [0.2, 0.25) is 0 Å². The van der Waals surface area contributed by atoms with Crippen molar-refractivity contribution in [2.45, 2.75) is 32.3 Å². The van der Waals surface area contributed by atoms with E-state index in [0.717, 1.165) is 30.4 Å². The molecule has 102 valence electrons. The molecule has 0 saturated carbocycles. The van der Waals surface area contributed by atoms with Gasteiger partial charge in [-0.05, 0) is 30.9 Å². The molecule has 0 amide bonds. The Labute approximate surface area is 120 Å². The highest BCUT2D eigenvalue weighted by atomic mass is 79.9. The number of halogens is 1. The highest BCUT2D eigenvalue weighted by Crippen LogP contribution is 2.37. The first-order valence-corrected chi connectivity index (χ1v) is 7.29. The number of hydrogen-bond acceptors (Lipinski definition) is 4. The number of ether oxygens (including phenoxy) is 2. The van der Waals surface area contributed by atoms with Gasteiger partial charge in [-0.1, -0.05) is 28.1 Å². The molecule has 0 aliphatic heterocycles. The van der Waals surface area contributed by atoms with Crippen molar-refractivity contribution in [1.82, 2.24) is 0 Å². The molecule has 0 aromatic heterocycles. The second-order valence-corrected chi connectivity index (χ2v) is 4.98. The lowest BCUT2D eigenvalue weighted by atomic mass is 9.88. The Morgan fingerprint density at radius 3 is 2.89 bits per heavy atom. The lowest BCUT2D eigenvalue weighted by molar-refractivity contribution is -0.146. The van der Waals surface area contributed by atoms with Gasteiger partial charge in [0, 0.05) is 12.5 Å². The molecule has 0 saturated heterocycles. The van der Waals surface area contributed by atoms with Crippen molar-refractivity contribution >= 4 is 27.9 Å². The Bertz CT molecular complexity index is 498. The van der Waals surface area contributed by atoms with E-state index >= 15 is 0 Å². The summed E-state index contributed by atoms with van der Waals surface area (Å²) in [6, 6.07) is 5.51. The fourth-order valence-corrected chi connectivity index (χ4v) is 2.47. The molecule has 0 spiro atoms. The summed E-state index contributed by atoms with van der Waals surface area (Å²) in [6.45, 7) is 1.38.